The molecule has 0 saturated carbocycles. The van der Waals surface area contributed by atoms with Gasteiger partial charge in [-0.2, -0.15) is 0 Å². The summed E-state index contributed by atoms with van der Waals surface area (Å²) >= 11 is 0. The van der Waals surface area contributed by atoms with Gasteiger partial charge in [-0.1, -0.05) is 6.42 Å². The zero-order valence-corrected chi connectivity index (χ0v) is 18.7. The number of hydrogen-bond acceptors (Lipinski definition) is 4. The van der Waals surface area contributed by atoms with Crippen molar-refractivity contribution >= 4 is 35.1 Å². The number of halogens is 1. The SMILES string of the molecule is Cc1[nH]c(/C=C2\C(=O)Nc3ccc(F)cc32)c(C)c1C(=O)NCC(=O)NCC1CCCCN1. The third-order valence-electron chi connectivity index (χ3n) is 6.12. The highest BCUT2D eigenvalue weighted by Crippen LogP contribution is 2.34. The monoisotopic (exact) mass is 453 g/mol. The van der Waals surface area contributed by atoms with Crippen molar-refractivity contribution in [1.82, 2.24) is 20.9 Å². The number of fused-ring (bicyclic) bond motifs is 1. The minimum absolute atomic E-state index is 0.124. The number of amides is 3. The van der Waals surface area contributed by atoms with E-state index in [2.05, 4.69) is 26.3 Å². The van der Waals surface area contributed by atoms with Gasteiger partial charge in [0.05, 0.1) is 17.7 Å². The maximum absolute atomic E-state index is 13.7. The van der Waals surface area contributed by atoms with Crippen molar-refractivity contribution in [1.29, 1.82) is 0 Å². The lowest BCUT2D eigenvalue weighted by atomic mass is 10.0. The largest absolute Gasteiger partial charge is 0.358 e. The first-order chi connectivity index (χ1) is 15.8. The van der Waals surface area contributed by atoms with Crippen LogP contribution in [0, 0.1) is 19.7 Å². The fourth-order valence-electron chi connectivity index (χ4n) is 4.35. The maximum Gasteiger partial charge on any atom is 0.256 e. The molecule has 2 aromatic rings. The summed E-state index contributed by atoms with van der Waals surface area (Å²) < 4.78 is 13.7. The summed E-state index contributed by atoms with van der Waals surface area (Å²) in [5.74, 6) is -1.39. The Labute approximate surface area is 191 Å². The predicted molar refractivity (Wildman–Crippen MR) is 124 cm³/mol. The highest BCUT2D eigenvalue weighted by atomic mass is 19.1. The summed E-state index contributed by atoms with van der Waals surface area (Å²) in [7, 11) is 0. The summed E-state index contributed by atoms with van der Waals surface area (Å²) in [4.78, 5) is 40.5. The molecule has 0 radical (unpaired) electrons. The number of aromatic nitrogens is 1. The second kappa shape index (κ2) is 9.58. The standard InChI is InChI=1S/C24H28FN5O3/c1-13-20(10-18-17-9-15(25)6-7-19(17)30-23(18)32)29-14(2)22(13)24(33)28-12-21(31)27-11-16-5-3-4-8-26-16/h6-7,9-10,16,26,29H,3-5,8,11-12H2,1-2H3,(H,27,31)(H,28,33)(H,30,32)/b18-10-. The van der Waals surface area contributed by atoms with Crippen molar-refractivity contribution < 1.29 is 18.8 Å². The Morgan fingerprint density at radius 1 is 1.21 bits per heavy atom. The number of piperidine rings is 1. The average molecular weight is 454 g/mol. The maximum atomic E-state index is 13.7. The fourth-order valence-corrected chi connectivity index (χ4v) is 4.35. The summed E-state index contributed by atoms with van der Waals surface area (Å²) in [6.07, 6.45) is 4.95. The molecule has 33 heavy (non-hydrogen) atoms. The predicted octanol–water partition coefficient (Wildman–Crippen LogP) is 2.25. The molecule has 1 aromatic heterocycles. The molecule has 5 N–H and O–H groups in total. The van der Waals surface area contributed by atoms with E-state index >= 15 is 0 Å². The molecule has 1 saturated heterocycles. The molecule has 2 aliphatic heterocycles. The number of carbonyl (C=O) groups excluding carboxylic acids is 3. The lowest BCUT2D eigenvalue weighted by Crippen LogP contribution is -2.46. The summed E-state index contributed by atoms with van der Waals surface area (Å²) in [6, 6.07) is 4.38. The molecule has 0 spiro atoms. The second-order valence-corrected chi connectivity index (χ2v) is 8.50. The fraction of sp³-hybridized carbons (Fsp3) is 0.375. The average Bonchev–Trinajstić information content (AvgIpc) is 3.26. The summed E-state index contributed by atoms with van der Waals surface area (Å²) in [5, 5.41) is 11.6. The Morgan fingerprint density at radius 3 is 2.79 bits per heavy atom. The molecule has 3 amide bonds. The number of aryl methyl sites for hydroxylation is 1. The minimum Gasteiger partial charge on any atom is -0.358 e. The topological polar surface area (TPSA) is 115 Å². The number of aromatic amines is 1. The molecule has 3 heterocycles. The van der Waals surface area contributed by atoms with E-state index in [0.29, 0.717) is 45.9 Å². The van der Waals surface area contributed by atoms with Gasteiger partial charge in [0.1, 0.15) is 5.82 Å². The van der Waals surface area contributed by atoms with Gasteiger partial charge in [0.2, 0.25) is 5.91 Å². The van der Waals surface area contributed by atoms with Crippen LogP contribution in [0.25, 0.3) is 11.6 Å². The van der Waals surface area contributed by atoms with Crippen LogP contribution in [0.15, 0.2) is 18.2 Å². The molecule has 1 fully saturated rings. The van der Waals surface area contributed by atoms with E-state index in [4.69, 9.17) is 0 Å². The van der Waals surface area contributed by atoms with Gasteiger partial charge in [-0.3, -0.25) is 14.4 Å². The highest BCUT2D eigenvalue weighted by molar-refractivity contribution is 6.34. The van der Waals surface area contributed by atoms with Crippen LogP contribution < -0.4 is 21.3 Å². The quantitative estimate of drug-likeness (QED) is 0.432. The van der Waals surface area contributed by atoms with E-state index in [1.165, 1.54) is 18.2 Å². The molecule has 4 rings (SSSR count). The number of carbonyl (C=O) groups is 3. The van der Waals surface area contributed by atoms with Gasteiger partial charge in [-0.25, -0.2) is 4.39 Å². The summed E-state index contributed by atoms with van der Waals surface area (Å²) in [5.41, 5.74) is 3.58. The highest BCUT2D eigenvalue weighted by Gasteiger charge is 2.26. The molecule has 2 aliphatic rings. The van der Waals surface area contributed by atoms with Crippen LogP contribution in [0.4, 0.5) is 10.1 Å². The van der Waals surface area contributed by atoms with Gasteiger partial charge in [0.15, 0.2) is 0 Å². The molecule has 0 bridgehead atoms. The number of H-pyrrole nitrogens is 1. The number of anilines is 1. The number of benzene rings is 1. The first kappa shape index (κ1) is 22.7. The lowest BCUT2D eigenvalue weighted by Gasteiger charge is -2.23. The molecule has 8 nitrogen and oxygen atoms in total. The molecule has 9 heteroatoms. The molecule has 174 valence electrons. The van der Waals surface area contributed by atoms with Gasteiger partial charge >= 0.3 is 0 Å². The zero-order chi connectivity index (χ0) is 23.5. The van der Waals surface area contributed by atoms with Crippen LogP contribution in [0.1, 0.15) is 52.1 Å². The molecular weight excluding hydrogens is 425 g/mol. The number of nitrogens with one attached hydrogen (secondary N) is 5. The van der Waals surface area contributed by atoms with E-state index in [9.17, 15) is 18.8 Å². The Bertz CT molecular complexity index is 1130. The minimum atomic E-state index is -0.437. The van der Waals surface area contributed by atoms with Crippen molar-refractivity contribution in [3.8, 4) is 0 Å². The Hall–Kier alpha value is -3.46. The third kappa shape index (κ3) is 4.98. The molecule has 0 aliphatic carbocycles. The van der Waals surface area contributed by atoms with Crippen molar-refractivity contribution in [2.75, 3.05) is 25.0 Å². The first-order valence-electron chi connectivity index (χ1n) is 11.1. The van der Waals surface area contributed by atoms with E-state index in [0.717, 1.165) is 25.8 Å². The molecule has 1 unspecified atom stereocenters. The van der Waals surface area contributed by atoms with Gasteiger partial charge < -0.3 is 26.3 Å². The van der Waals surface area contributed by atoms with Crippen LogP contribution in [-0.4, -0.2) is 48.4 Å². The van der Waals surface area contributed by atoms with Crippen LogP contribution in [0.3, 0.4) is 0 Å². The van der Waals surface area contributed by atoms with E-state index in [1.807, 2.05) is 0 Å². The molecule has 1 aromatic carbocycles. The van der Waals surface area contributed by atoms with Crippen molar-refractivity contribution in [3.63, 3.8) is 0 Å². The van der Waals surface area contributed by atoms with Crippen LogP contribution >= 0.6 is 0 Å². The van der Waals surface area contributed by atoms with Gasteiger partial charge in [-0.15, -0.1) is 0 Å². The van der Waals surface area contributed by atoms with E-state index in [1.54, 1.807) is 19.9 Å². The summed E-state index contributed by atoms with van der Waals surface area (Å²) in [6.45, 7) is 4.89. The van der Waals surface area contributed by atoms with E-state index in [-0.39, 0.29) is 30.3 Å². The lowest BCUT2D eigenvalue weighted by molar-refractivity contribution is -0.120. The molecule has 1 atom stereocenters. The Kier molecular flexibility index (Phi) is 6.60. The number of hydrogen-bond donors (Lipinski definition) is 5. The Morgan fingerprint density at radius 2 is 2.03 bits per heavy atom. The van der Waals surface area contributed by atoms with Crippen molar-refractivity contribution in [3.05, 3.63) is 52.1 Å². The van der Waals surface area contributed by atoms with Crippen molar-refractivity contribution in [2.45, 2.75) is 39.2 Å². The second-order valence-electron chi connectivity index (χ2n) is 8.50. The first-order valence-corrected chi connectivity index (χ1v) is 11.1. The smallest absolute Gasteiger partial charge is 0.256 e. The third-order valence-corrected chi connectivity index (χ3v) is 6.12. The molecular formula is C24H28FN5O3. The zero-order valence-electron chi connectivity index (χ0n) is 18.7. The van der Waals surface area contributed by atoms with Gasteiger partial charge in [0, 0.05) is 35.2 Å². The number of rotatable bonds is 6. The van der Waals surface area contributed by atoms with Gasteiger partial charge in [-0.05, 0) is 63.1 Å². The van der Waals surface area contributed by atoms with Crippen LogP contribution in [0.5, 0.6) is 0 Å². The van der Waals surface area contributed by atoms with Crippen LogP contribution in [0.2, 0.25) is 0 Å². The van der Waals surface area contributed by atoms with Crippen LogP contribution in [-0.2, 0) is 9.59 Å². The normalized spacial score (nSPS) is 18.7. The van der Waals surface area contributed by atoms with Crippen molar-refractivity contribution in [2.24, 2.45) is 0 Å². The van der Waals surface area contributed by atoms with E-state index < -0.39 is 5.82 Å². The van der Waals surface area contributed by atoms with Gasteiger partial charge in [0.25, 0.3) is 11.8 Å². The Balaban J connectivity index is 1.43.